The number of carbonyl (C=O) groups is 1. The predicted molar refractivity (Wildman–Crippen MR) is 124 cm³/mol. The third kappa shape index (κ3) is 4.27. The average Bonchev–Trinajstić information content (AvgIpc) is 3.64. The van der Waals surface area contributed by atoms with Gasteiger partial charge in [-0.15, -0.1) is 0 Å². The van der Waals surface area contributed by atoms with Gasteiger partial charge in [-0.2, -0.15) is 0 Å². The van der Waals surface area contributed by atoms with Crippen molar-refractivity contribution in [3.05, 3.63) is 70.3 Å². The molecule has 0 saturated heterocycles. The van der Waals surface area contributed by atoms with Crippen molar-refractivity contribution in [1.29, 1.82) is 0 Å². The zero-order chi connectivity index (χ0) is 22.0. The van der Waals surface area contributed by atoms with Crippen LogP contribution in [-0.2, 0) is 11.2 Å². The molecule has 1 aliphatic rings. The Morgan fingerprint density at radius 1 is 1.13 bits per heavy atom. The first kappa shape index (κ1) is 21.3. The van der Waals surface area contributed by atoms with Gasteiger partial charge >= 0.3 is 0 Å². The molecule has 4 rings (SSSR count). The number of amides is 1. The Hall–Kier alpha value is -2.95. The minimum Gasteiger partial charge on any atom is -0.333 e. The molecule has 3 aromatic rings. The number of unbranched alkanes of at least 4 members (excludes halogenated alkanes) is 1. The fourth-order valence-corrected chi connectivity index (χ4v) is 4.09. The minimum atomic E-state index is -0.289. The zero-order valence-electron chi connectivity index (χ0n) is 18.7. The molecule has 2 aromatic carbocycles. The van der Waals surface area contributed by atoms with Gasteiger partial charge in [0, 0.05) is 12.5 Å². The van der Waals surface area contributed by atoms with E-state index in [-0.39, 0.29) is 23.4 Å². The quantitative estimate of drug-likeness (QED) is 0.515. The summed E-state index contributed by atoms with van der Waals surface area (Å²) >= 11 is 0. The highest BCUT2D eigenvalue weighted by Gasteiger charge is 2.36. The molecule has 0 bridgehead atoms. The molecule has 1 saturated carbocycles. The van der Waals surface area contributed by atoms with Crippen LogP contribution in [0.2, 0.25) is 0 Å². The normalized spacial score (nSPS) is 14.5. The minimum absolute atomic E-state index is 0.0917. The third-order valence-corrected chi connectivity index (χ3v) is 6.21. The van der Waals surface area contributed by atoms with Crippen LogP contribution >= 0.6 is 0 Å². The second-order valence-corrected chi connectivity index (χ2v) is 8.48. The summed E-state index contributed by atoms with van der Waals surface area (Å²) in [6, 6.07) is 15.2. The predicted octanol–water partition coefficient (Wildman–Crippen LogP) is 5.05. The topological polar surface area (TPSA) is 55.2 Å². The Labute approximate surface area is 183 Å². The van der Waals surface area contributed by atoms with Crippen LogP contribution in [0.5, 0.6) is 0 Å². The Morgan fingerprint density at radius 3 is 2.48 bits per heavy atom. The summed E-state index contributed by atoms with van der Waals surface area (Å²) in [6.07, 6.45) is 4.81. The van der Waals surface area contributed by atoms with E-state index in [4.69, 9.17) is 4.98 Å². The lowest BCUT2D eigenvalue weighted by Gasteiger charge is -2.31. The van der Waals surface area contributed by atoms with Crippen LogP contribution < -0.4 is 5.56 Å². The maximum Gasteiger partial charge on any atom is 0.266 e. The lowest BCUT2D eigenvalue weighted by Crippen LogP contribution is -2.38. The number of hydrogen-bond acceptors (Lipinski definition) is 3. The molecule has 0 N–H and O–H groups in total. The molecular weight excluding hydrogens is 386 g/mol. The summed E-state index contributed by atoms with van der Waals surface area (Å²) in [6.45, 7) is 6.93. The van der Waals surface area contributed by atoms with Crippen molar-refractivity contribution >= 4 is 16.8 Å². The van der Waals surface area contributed by atoms with Crippen LogP contribution in [-0.4, -0.2) is 26.9 Å². The first-order chi connectivity index (χ1) is 15.0. The van der Waals surface area contributed by atoms with Crippen molar-refractivity contribution in [3.63, 3.8) is 0 Å². The van der Waals surface area contributed by atoms with Crippen molar-refractivity contribution in [2.45, 2.75) is 58.9 Å². The first-order valence-corrected chi connectivity index (χ1v) is 11.5. The van der Waals surface area contributed by atoms with Crippen molar-refractivity contribution in [3.8, 4) is 5.69 Å². The fraction of sp³-hybridized carbons (Fsp3) is 0.423. The number of carbonyl (C=O) groups excluding carboxylic acids is 1. The summed E-state index contributed by atoms with van der Waals surface area (Å²) in [5, 5.41) is 0.589. The largest absolute Gasteiger partial charge is 0.333 e. The molecule has 1 atom stereocenters. The molecule has 0 radical (unpaired) electrons. The van der Waals surface area contributed by atoms with Crippen molar-refractivity contribution < 1.29 is 4.79 Å². The number of nitrogens with zero attached hydrogens (tertiary/aromatic N) is 3. The second kappa shape index (κ2) is 9.04. The van der Waals surface area contributed by atoms with E-state index in [0.717, 1.165) is 37.8 Å². The first-order valence-electron chi connectivity index (χ1n) is 11.5. The summed E-state index contributed by atoms with van der Waals surface area (Å²) in [4.78, 5) is 33.6. The molecule has 162 valence electrons. The van der Waals surface area contributed by atoms with Crippen LogP contribution in [0.3, 0.4) is 0 Å². The van der Waals surface area contributed by atoms with Gasteiger partial charge in [0.25, 0.3) is 5.56 Å². The van der Waals surface area contributed by atoms with Gasteiger partial charge in [-0.3, -0.25) is 14.2 Å². The van der Waals surface area contributed by atoms with E-state index in [9.17, 15) is 9.59 Å². The van der Waals surface area contributed by atoms with Gasteiger partial charge in [-0.05, 0) is 62.4 Å². The van der Waals surface area contributed by atoms with Crippen molar-refractivity contribution in [1.82, 2.24) is 14.5 Å². The number of fused-ring (bicyclic) bond motifs is 1. The SMILES string of the molecule is CCCCN(C(=O)C1CC1)C(C)c1nc2ccccc2c(=O)n1-c1ccc(CC)cc1. The molecule has 1 unspecified atom stereocenters. The van der Waals surface area contributed by atoms with Gasteiger partial charge in [0.05, 0.1) is 22.6 Å². The summed E-state index contributed by atoms with van der Waals surface area (Å²) in [5.74, 6) is 0.943. The molecule has 1 aliphatic carbocycles. The van der Waals surface area contributed by atoms with E-state index in [1.54, 1.807) is 4.57 Å². The molecule has 1 aromatic heterocycles. The van der Waals surface area contributed by atoms with E-state index in [2.05, 4.69) is 26.0 Å². The fourth-order valence-electron chi connectivity index (χ4n) is 4.09. The molecule has 5 heteroatoms. The lowest BCUT2D eigenvalue weighted by molar-refractivity contribution is -0.135. The third-order valence-electron chi connectivity index (χ3n) is 6.21. The monoisotopic (exact) mass is 417 g/mol. The summed E-state index contributed by atoms with van der Waals surface area (Å²) in [5.41, 5.74) is 2.58. The second-order valence-electron chi connectivity index (χ2n) is 8.48. The molecule has 31 heavy (non-hydrogen) atoms. The van der Waals surface area contributed by atoms with E-state index < -0.39 is 0 Å². The van der Waals surface area contributed by atoms with E-state index in [1.807, 2.05) is 48.2 Å². The van der Waals surface area contributed by atoms with Crippen molar-refractivity contribution in [2.24, 2.45) is 5.92 Å². The Morgan fingerprint density at radius 2 is 1.84 bits per heavy atom. The van der Waals surface area contributed by atoms with Crippen LogP contribution in [0.15, 0.2) is 53.3 Å². The van der Waals surface area contributed by atoms with Crippen LogP contribution in [0.25, 0.3) is 16.6 Å². The number of rotatable bonds is 8. The Bertz CT molecular complexity index is 1130. The summed E-state index contributed by atoms with van der Waals surface area (Å²) in [7, 11) is 0. The number of benzene rings is 2. The number of para-hydroxylation sites is 1. The van der Waals surface area contributed by atoms with Gasteiger partial charge < -0.3 is 4.90 Å². The zero-order valence-corrected chi connectivity index (χ0v) is 18.7. The highest BCUT2D eigenvalue weighted by molar-refractivity contribution is 5.82. The Kier molecular flexibility index (Phi) is 6.21. The van der Waals surface area contributed by atoms with Gasteiger partial charge in [0.15, 0.2) is 0 Å². The van der Waals surface area contributed by atoms with Gasteiger partial charge in [0.2, 0.25) is 5.91 Å². The van der Waals surface area contributed by atoms with Gasteiger partial charge in [-0.25, -0.2) is 4.98 Å². The average molecular weight is 418 g/mol. The van der Waals surface area contributed by atoms with Crippen molar-refractivity contribution in [2.75, 3.05) is 6.54 Å². The van der Waals surface area contributed by atoms with Crippen LogP contribution in [0.1, 0.15) is 63.9 Å². The van der Waals surface area contributed by atoms with E-state index in [1.165, 1.54) is 5.56 Å². The smallest absolute Gasteiger partial charge is 0.266 e. The molecular formula is C26H31N3O2. The van der Waals surface area contributed by atoms with Crippen LogP contribution in [0, 0.1) is 5.92 Å². The molecule has 1 heterocycles. The molecule has 0 spiro atoms. The van der Waals surface area contributed by atoms with Gasteiger partial charge in [0.1, 0.15) is 5.82 Å². The number of aryl methyl sites for hydroxylation is 1. The van der Waals surface area contributed by atoms with E-state index in [0.29, 0.717) is 23.3 Å². The number of aromatic nitrogens is 2. The lowest BCUT2D eigenvalue weighted by atomic mass is 10.1. The molecule has 1 fully saturated rings. The highest BCUT2D eigenvalue weighted by atomic mass is 16.2. The van der Waals surface area contributed by atoms with E-state index >= 15 is 0 Å². The Balaban J connectivity index is 1.87. The molecule has 1 amide bonds. The highest BCUT2D eigenvalue weighted by Crippen LogP contribution is 2.34. The maximum atomic E-state index is 13.6. The molecule has 0 aliphatic heterocycles. The number of hydrogen-bond donors (Lipinski definition) is 0. The molecule has 5 nitrogen and oxygen atoms in total. The van der Waals surface area contributed by atoms with Crippen LogP contribution in [0.4, 0.5) is 0 Å². The standard InChI is InChI=1S/C26H31N3O2/c1-4-6-17-28(25(30)20-13-14-20)18(3)24-27-23-10-8-7-9-22(23)26(31)29(24)21-15-11-19(5-2)12-16-21/h7-12,15-16,18,20H,4-6,13-14,17H2,1-3H3. The maximum absolute atomic E-state index is 13.6. The van der Waals surface area contributed by atoms with Gasteiger partial charge in [-0.1, -0.05) is 44.5 Å². The summed E-state index contributed by atoms with van der Waals surface area (Å²) < 4.78 is 1.70.